The van der Waals surface area contributed by atoms with Crippen LogP contribution in [0.25, 0.3) is 0 Å². The summed E-state index contributed by atoms with van der Waals surface area (Å²) in [6.45, 7) is 0.328. The van der Waals surface area contributed by atoms with Gasteiger partial charge in [-0.05, 0) is 25.5 Å². The Hall–Kier alpha value is -1.26. The third kappa shape index (κ3) is 4.20. The Morgan fingerprint density at radius 2 is 1.94 bits per heavy atom. The summed E-state index contributed by atoms with van der Waals surface area (Å²) in [4.78, 5) is 11.5. The van der Waals surface area contributed by atoms with Crippen LogP contribution in [0, 0.1) is 0 Å². The van der Waals surface area contributed by atoms with E-state index in [1.165, 1.54) is 0 Å². The Labute approximate surface area is 114 Å². The number of carbonyl (C=O) groups is 1. The fraction of sp³-hybridized carbons (Fsp3) is 0.462. The Morgan fingerprint density at radius 3 is 2.56 bits per heavy atom. The van der Waals surface area contributed by atoms with E-state index in [9.17, 15) is 4.79 Å². The second-order valence-electron chi connectivity index (χ2n) is 4.36. The zero-order valence-corrected chi connectivity index (χ0v) is 11.2. The molecule has 0 aromatic heterocycles. The first-order chi connectivity index (χ1) is 8.28. The van der Waals surface area contributed by atoms with Crippen LogP contribution >= 0.6 is 12.4 Å². The van der Waals surface area contributed by atoms with Crippen molar-refractivity contribution in [3.8, 4) is 0 Å². The van der Waals surface area contributed by atoms with Gasteiger partial charge in [-0.3, -0.25) is 0 Å². The summed E-state index contributed by atoms with van der Waals surface area (Å²) >= 11 is 0. The van der Waals surface area contributed by atoms with Gasteiger partial charge in [-0.2, -0.15) is 0 Å². The predicted molar refractivity (Wildman–Crippen MR) is 72.9 cm³/mol. The van der Waals surface area contributed by atoms with E-state index in [0.717, 1.165) is 18.4 Å². The van der Waals surface area contributed by atoms with E-state index in [0.29, 0.717) is 12.6 Å². The van der Waals surface area contributed by atoms with Gasteiger partial charge in [-0.25, -0.2) is 4.79 Å². The minimum absolute atomic E-state index is 0. The normalized spacial score (nSPS) is 21.4. The fourth-order valence-corrected chi connectivity index (χ4v) is 1.90. The first-order valence-corrected chi connectivity index (χ1v) is 5.92. The summed E-state index contributed by atoms with van der Waals surface area (Å²) < 4.78 is 5.13. The maximum Gasteiger partial charge on any atom is 0.407 e. The van der Waals surface area contributed by atoms with Gasteiger partial charge in [0.25, 0.3) is 0 Å². The SMILES string of the molecule is CN[C@H]1C[C@@H](NC(=O)OCc2ccccc2)C1.Cl. The maximum absolute atomic E-state index is 11.5. The van der Waals surface area contributed by atoms with Gasteiger partial charge in [0.15, 0.2) is 0 Å². The molecular weight excluding hydrogens is 252 g/mol. The van der Waals surface area contributed by atoms with Crippen LogP contribution in [0.5, 0.6) is 0 Å². The molecule has 18 heavy (non-hydrogen) atoms. The maximum atomic E-state index is 11.5. The number of carbonyl (C=O) groups excluding carboxylic acids is 1. The van der Waals surface area contributed by atoms with E-state index in [2.05, 4.69) is 10.6 Å². The summed E-state index contributed by atoms with van der Waals surface area (Å²) in [6.07, 6.45) is 1.64. The van der Waals surface area contributed by atoms with Crippen molar-refractivity contribution in [2.45, 2.75) is 31.5 Å². The molecule has 0 aliphatic heterocycles. The Kier molecular flexibility index (Phi) is 5.95. The van der Waals surface area contributed by atoms with Crippen LogP contribution < -0.4 is 10.6 Å². The summed E-state index contributed by atoms with van der Waals surface area (Å²) in [5, 5.41) is 6.02. The molecular formula is C13H19ClN2O2. The molecule has 4 nitrogen and oxygen atoms in total. The number of nitrogens with one attached hydrogen (secondary N) is 2. The number of rotatable bonds is 4. The molecule has 0 heterocycles. The first-order valence-electron chi connectivity index (χ1n) is 5.92. The molecule has 0 saturated heterocycles. The second-order valence-corrected chi connectivity index (χ2v) is 4.36. The summed E-state index contributed by atoms with van der Waals surface area (Å²) in [7, 11) is 1.94. The molecule has 1 saturated carbocycles. The lowest BCUT2D eigenvalue weighted by molar-refractivity contribution is 0.126. The Balaban J connectivity index is 0.00000162. The third-order valence-electron chi connectivity index (χ3n) is 3.08. The van der Waals surface area contributed by atoms with Crippen LogP contribution in [0.3, 0.4) is 0 Å². The van der Waals surface area contributed by atoms with Crippen molar-refractivity contribution < 1.29 is 9.53 Å². The average Bonchev–Trinajstić information content (AvgIpc) is 2.32. The Bertz CT molecular complexity index is 367. The Morgan fingerprint density at radius 1 is 1.28 bits per heavy atom. The highest BCUT2D eigenvalue weighted by molar-refractivity contribution is 5.85. The molecule has 0 radical (unpaired) electrons. The quantitative estimate of drug-likeness (QED) is 0.881. The number of benzene rings is 1. The van der Waals surface area contributed by atoms with Gasteiger partial charge in [0.2, 0.25) is 0 Å². The van der Waals surface area contributed by atoms with Gasteiger partial charge in [0.05, 0.1) is 0 Å². The highest BCUT2D eigenvalue weighted by atomic mass is 35.5. The molecule has 1 amide bonds. The molecule has 2 N–H and O–H groups in total. The average molecular weight is 271 g/mol. The number of hydrogen-bond acceptors (Lipinski definition) is 3. The molecule has 1 aromatic rings. The molecule has 1 aromatic carbocycles. The van der Waals surface area contributed by atoms with Gasteiger partial charge < -0.3 is 15.4 Å². The zero-order valence-electron chi connectivity index (χ0n) is 10.4. The van der Waals surface area contributed by atoms with Crippen LogP contribution in [-0.4, -0.2) is 25.2 Å². The largest absolute Gasteiger partial charge is 0.445 e. The second kappa shape index (κ2) is 7.24. The van der Waals surface area contributed by atoms with E-state index in [1.807, 2.05) is 37.4 Å². The highest BCUT2D eigenvalue weighted by Gasteiger charge is 2.29. The third-order valence-corrected chi connectivity index (χ3v) is 3.08. The van der Waals surface area contributed by atoms with Crippen LogP contribution in [-0.2, 0) is 11.3 Å². The van der Waals surface area contributed by atoms with Crippen LogP contribution in [0.15, 0.2) is 30.3 Å². The molecule has 0 bridgehead atoms. The van der Waals surface area contributed by atoms with Crippen molar-refractivity contribution in [2.75, 3.05) is 7.05 Å². The van der Waals surface area contributed by atoms with E-state index in [1.54, 1.807) is 0 Å². The van der Waals surface area contributed by atoms with Gasteiger partial charge in [-0.15, -0.1) is 12.4 Å². The van der Waals surface area contributed by atoms with Crippen molar-refractivity contribution in [3.63, 3.8) is 0 Å². The number of alkyl carbamates (subject to hydrolysis) is 1. The van der Waals surface area contributed by atoms with Crippen molar-refractivity contribution >= 4 is 18.5 Å². The van der Waals surface area contributed by atoms with Crippen molar-refractivity contribution in [1.29, 1.82) is 0 Å². The van der Waals surface area contributed by atoms with Gasteiger partial charge in [0, 0.05) is 12.1 Å². The summed E-state index contributed by atoms with van der Waals surface area (Å²) in [5.41, 5.74) is 1.00. The van der Waals surface area contributed by atoms with Crippen molar-refractivity contribution in [3.05, 3.63) is 35.9 Å². The van der Waals surface area contributed by atoms with Crippen molar-refractivity contribution in [1.82, 2.24) is 10.6 Å². The number of amides is 1. The number of ether oxygens (including phenoxy) is 1. The van der Waals surface area contributed by atoms with E-state index in [4.69, 9.17) is 4.74 Å². The predicted octanol–water partition coefficient (Wildman–Crippen LogP) is 2.08. The van der Waals surface area contributed by atoms with Crippen LogP contribution in [0.1, 0.15) is 18.4 Å². The molecule has 0 atom stereocenters. The molecule has 1 aliphatic rings. The number of hydrogen-bond donors (Lipinski definition) is 2. The minimum Gasteiger partial charge on any atom is -0.445 e. The summed E-state index contributed by atoms with van der Waals surface area (Å²) in [5.74, 6) is 0. The topological polar surface area (TPSA) is 50.4 Å². The standard InChI is InChI=1S/C13H18N2O2.ClH/c1-14-11-7-12(8-11)15-13(16)17-9-10-5-3-2-4-6-10;/h2-6,11-12,14H,7-9H2,1H3,(H,15,16);1H/t11-,12+;. The van der Waals surface area contributed by atoms with Gasteiger partial charge >= 0.3 is 6.09 Å². The van der Waals surface area contributed by atoms with Gasteiger partial charge in [0.1, 0.15) is 6.61 Å². The lowest BCUT2D eigenvalue weighted by Gasteiger charge is -2.35. The molecule has 1 aliphatic carbocycles. The van der Waals surface area contributed by atoms with Crippen LogP contribution in [0.4, 0.5) is 4.79 Å². The summed E-state index contributed by atoms with van der Waals surface area (Å²) in [6, 6.07) is 10.5. The number of halogens is 1. The van der Waals surface area contributed by atoms with E-state index >= 15 is 0 Å². The minimum atomic E-state index is -0.326. The molecule has 0 unspecified atom stereocenters. The van der Waals surface area contributed by atoms with Crippen LogP contribution in [0.2, 0.25) is 0 Å². The first kappa shape index (κ1) is 14.8. The monoisotopic (exact) mass is 270 g/mol. The molecule has 1 fully saturated rings. The van der Waals surface area contributed by atoms with Gasteiger partial charge in [-0.1, -0.05) is 30.3 Å². The fourth-order valence-electron chi connectivity index (χ4n) is 1.90. The van der Waals surface area contributed by atoms with E-state index in [-0.39, 0.29) is 24.5 Å². The lowest BCUT2D eigenvalue weighted by Crippen LogP contribution is -2.51. The van der Waals surface area contributed by atoms with Crippen molar-refractivity contribution in [2.24, 2.45) is 0 Å². The molecule has 2 rings (SSSR count). The molecule has 5 heteroatoms. The van der Waals surface area contributed by atoms with E-state index < -0.39 is 0 Å². The highest BCUT2D eigenvalue weighted by Crippen LogP contribution is 2.19. The molecule has 0 spiro atoms. The zero-order chi connectivity index (χ0) is 12.1. The lowest BCUT2D eigenvalue weighted by atomic mass is 9.87. The molecule has 100 valence electrons. The smallest absolute Gasteiger partial charge is 0.407 e.